The number of benzene rings is 3. The van der Waals surface area contributed by atoms with Crippen molar-refractivity contribution in [2.45, 2.75) is 62.6 Å². The molecular formula is C39H38F2N6O3. The van der Waals surface area contributed by atoms with Crippen LogP contribution in [0.15, 0.2) is 30.3 Å². The fourth-order valence-electron chi connectivity index (χ4n) is 8.70. The fourth-order valence-corrected chi connectivity index (χ4v) is 8.70. The average Bonchev–Trinajstić information content (AvgIpc) is 3.79. The minimum Gasteiger partial charge on any atom is -0.508 e. The van der Waals surface area contributed by atoms with Crippen LogP contribution < -0.4 is 15.0 Å². The van der Waals surface area contributed by atoms with Gasteiger partial charge in [0.2, 0.25) is 0 Å². The Morgan fingerprint density at radius 3 is 2.48 bits per heavy atom. The van der Waals surface area contributed by atoms with Crippen molar-refractivity contribution in [1.82, 2.24) is 20.2 Å². The largest absolute Gasteiger partial charge is 0.508 e. The van der Waals surface area contributed by atoms with Gasteiger partial charge in [-0.3, -0.25) is 0 Å². The lowest BCUT2D eigenvalue weighted by molar-refractivity contribution is -0.173. The number of aromatic nitrogens is 2. The molecule has 0 amide bonds. The molecule has 9 nitrogen and oxygen atoms in total. The number of piperazine rings is 1. The van der Waals surface area contributed by atoms with Crippen LogP contribution in [0.25, 0.3) is 32.8 Å². The quantitative estimate of drug-likeness (QED) is 0.241. The number of likely N-dealkylation sites (tertiary alicyclic amines) is 1. The highest BCUT2D eigenvalue weighted by molar-refractivity contribution is 6.05. The van der Waals surface area contributed by atoms with Gasteiger partial charge in [0.1, 0.15) is 22.9 Å². The Hall–Kier alpha value is -4.55. The van der Waals surface area contributed by atoms with Gasteiger partial charge in [-0.25, -0.2) is 8.78 Å². The van der Waals surface area contributed by atoms with Crippen LogP contribution in [0, 0.1) is 40.7 Å². The maximum absolute atomic E-state index is 17.2. The van der Waals surface area contributed by atoms with Crippen molar-refractivity contribution in [3.05, 3.63) is 53.1 Å². The van der Waals surface area contributed by atoms with Crippen LogP contribution in [-0.2, 0) is 4.74 Å². The standard InChI is InChI=1S/C39H38F2N6O3/c1-2-28-31(40)6-3-23-15-27(48)17-29(32(23)28)33-24(18-42)16-30-35(34(33)41)44-37(45-36(30)47-19-25-4-5-26(20-47)43-25)49-22-38(7-8-38)21-46-12-9-39(10-13-46)11-14-50-39/h1,3,6,15-17,25-26,43,48H,4-5,7-14,19-22H2. The number of aromatic hydroxyl groups is 1. The molecule has 4 saturated heterocycles. The average molecular weight is 677 g/mol. The van der Waals surface area contributed by atoms with Crippen LogP contribution in [0.2, 0.25) is 0 Å². The summed E-state index contributed by atoms with van der Waals surface area (Å²) in [5, 5.41) is 25.8. The lowest BCUT2D eigenvalue weighted by Crippen LogP contribution is -2.53. The SMILES string of the molecule is C#Cc1c(F)ccc2cc(O)cc(-c3c(C#N)cc4c(N5CC6CCC(C5)N6)nc(OCC5(CN6CCC7(CCO7)CC6)CC5)nc4c3F)c12. The van der Waals surface area contributed by atoms with Gasteiger partial charge in [-0.05, 0) is 80.2 Å². The van der Waals surface area contributed by atoms with E-state index in [1.54, 1.807) is 6.07 Å². The Labute approximate surface area is 289 Å². The highest BCUT2D eigenvalue weighted by Gasteiger charge is 2.48. The Balaban J connectivity index is 1.12. The molecule has 1 spiro atoms. The van der Waals surface area contributed by atoms with Crippen molar-refractivity contribution in [3.8, 4) is 41.3 Å². The molecule has 5 heterocycles. The van der Waals surface area contributed by atoms with Gasteiger partial charge in [0.05, 0.1) is 36.0 Å². The second-order valence-electron chi connectivity index (χ2n) is 15.0. The number of phenolic OH excluding ortho intramolecular Hbond substituents is 1. The summed E-state index contributed by atoms with van der Waals surface area (Å²) in [6.45, 7) is 5.58. The van der Waals surface area contributed by atoms with Crippen LogP contribution in [-0.4, -0.2) is 83.6 Å². The second-order valence-corrected chi connectivity index (χ2v) is 15.0. The van der Waals surface area contributed by atoms with Crippen molar-refractivity contribution in [1.29, 1.82) is 5.26 Å². The summed E-state index contributed by atoms with van der Waals surface area (Å²) in [5.41, 5.74) is -0.0106. The molecule has 256 valence electrons. The van der Waals surface area contributed by atoms with Crippen LogP contribution in [0.3, 0.4) is 0 Å². The Morgan fingerprint density at radius 2 is 1.82 bits per heavy atom. The maximum atomic E-state index is 17.2. The smallest absolute Gasteiger partial charge is 0.319 e. The number of hydrogen-bond acceptors (Lipinski definition) is 9. The molecule has 4 aromatic rings. The number of anilines is 1. The molecule has 1 aliphatic carbocycles. The van der Waals surface area contributed by atoms with E-state index in [0.717, 1.165) is 71.2 Å². The van der Waals surface area contributed by atoms with Crippen molar-refractivity contribution in [3.63, 3.8) is 0 Å². The normalized spacial score (nSPS) is 23.5. The zero-order valence-electron chi connectivity index (χ0n) is 27.8. The van der Waals surface area contributed by atoms with Crippen LogP contribution >= 0.6 is 0 Å². The van der Waals surface area contributed by atoms with E-state index in [-0.39, 0.29) is 68.0 Å². The number of nitrogens with zero attached hydrogens (tertiary/aromatic N) is 5. The number of phenols is 1. The summed E-state index contributed by atoms with van der Waals surface area (Å²) >= 11 is 0. The summed E-state index contributed by atoms with van der Waals surface area (Å²) in [5.74, 6) is 1.29. The predicted octanol–water partition coefficient (Wildman–Crippen LogP) is 5.64. The van der Waals surface area contributed by atoms with E-state index in [4.69, 9.17) is 20.9 Å². The van der Waals surface area contributed by atoms with E-state index in [1.807, 2.05) is 0 Å². The van der Waals surface area contributed by atoms with Crippen LogP contribution in [0.4, 0.5) is 14.6 Å². The number of nitrogens with one attached hydrogen (secondary N) is 1. The zero-order chi connectivity index (χ0) is 34.2. The maximum Gasteiger partial charge on any atom is 0.319 e. The molecule has 2 N–H and O–H groups in total. The van der Waals surface area contributed by atoms with E-state index in [2.05, 4.69) is 32.1 Å². The van der Waals surface area contributed by atoms with E-state index >= 15 is 4.39 Å². The molecule has 9 rings (SSSR count). The number of hydrogen-bond donors (Lipinski definition) is 2. The third-order valence-electron chi connectivity index (χ3n) is 11.7. The topological polar surface area (TPSA) is 107 Å². The predicted molar refractivity (Wildman–Crippen MR) is 185 cm³/mol. The van der Waals surface area contributed by atoms with Gasteiger partial charge < -0.3 is 29.7 Å². The summed E-state index contributed by atoms with van der Waals surface area (Å²) in [7, 11) is 0. The molecule has 1 aromatic heterocycles. The first-order chi connectivity index (χ1) is 24.3. The third kappa shape index (κ3) is 5.31. The van der Waals surface area contributed by atoms with Gasteiger partial charge in [0.15, 0.2) is 5.82 Å². The van der Waals surface area contributed by atoms with E-state index in [1.165, 1.54) is 24.3 Å². The Morgan fingerprint density at radius 1 is 1.06 bits per heavy atom. The highest BCUT2D eigenvalue weighted by atomic mass is 19.1. The fraction of sp³-hybridized carbons (Fsp3) is 0.462. The van der Waals surface area contributed by atoms with Crippen molar-refractivity contribution in [2.24, 2.45) is 5.41 Å². The number of rotatable bonds is 7. The molecule has 5 fully saturated rings. The van der Waals surface area contributed by atoms with Gasteiger partial charge in [-0.15, -0.1) is 6.42 Å². The van der Waals surface area contributed by atoms with Gasteiger partial charge in [-0.1, -0.05) is 12.0 Å². The van der Waals surface area contributed by atoms with E-state index in [0.29, 0.717) is 36.3 Å². The Kier molecular flexibility index (Phi) is 7.40. The molecule has 5 aliphatic rings. The van der Waals surface area contributed by atoms with Gasteiger partial charge >= 0.3 is 6.01 Å². The lowest BCUT2D eigenvalue weighted by Gasteiger charge is -2.48. The van der Waals surface area contributed by atoms with E-state index < -0.39 is 11.6 Å². The van der Waals surface area contributed by atoms with Crippen molar-refractivity contribution >= 4 is 27.5 Å². The van der Waals surface area contributed by atoms with Gasteiger partial charge in [0.25, 0.3) is 0 Å². The summed E-state index contributed by atoms with van der Waals surface area (Å²) < 4.78 is 44.5. The minimum absolute atomic E-state index is 0.00157. The first-order valence-corrected chi connectivity index (χ1v) is 17.6. The zero-order valence-corrected chi connectivity index (χ0v) is 27.8. The third-order valence-corrected chi connectivity index (χ3v) is 11.7. The van der Waals surface area contributed by atoms with Crippen LogP contribution in [0.5, 0.6) is 11.8 Å². The molecule has 4 aliphatic heterocycles. The molecule has 0 radical (unpaired) electrons. The number of fused-ring (bicyclic) bond motifs is 4. The highest BCUT2D eigenvalue weighted by Crippen LogP contribution is 2.48. The number of terminal acetylenes is 1. The molecule has 2 unspecified atom stereocenters. The van der Waals surface area contributed by atoms with Crippen molar-refractivity contribution < 1.29 is 23.4 Å². The number of halogens is 2. The lowest BCUT2D eigenvalue weighted by atomic mass is 9.84. The van der Waals surface area contributed by atoms with Gasteiger partial charge in [0, 0.05) is 66.6 Å². The summed E-state index contributed by atoms with van der Waals surface area (Å²) in [6, 6.07) is 9.82. The molecule has 50 heavy (non-hydrogen) atoms. The van der Waals surface area contributed by atoms with Crippen molar-refractivity contribution in [2.75, 3.05) is 50.8 Å². The first-order valence-electron chi connectivity index (χ1n) is 17.6. The van der Waals surface area contributed by atoms with Crippen LogP contribution in [0.1, 0.15) is 56.1 Å². The van der Waals surface area contributed by atoms with E-state index in [9.17, 15) is 14.8 Å². The molecule has 2 bridgehead atoms. The minimum atomic E-state index is -0.786. The molecule has 3 aromatic carbocycles. The summed E-state index contributed by atoms with van der Waals surface area (Å²) in [4.78, 5) is 14.2. The van der Waals surface area contributed by atoms with Gasteiger partial charge in [-0.2, -0.15) is 15.2 Å². The molecule has 11 heteroatoms. The Bertz CT molecular complexity index is 2110. The monoisotopic (exact) mass is 676 g/mol. The first kappa shape index (κ1) is 31.4. The molecule has 1 saturated carbocycles. The summed E-state index contributed by atoms with van der Waals surface area (Å²) in [6.07, 6.45) is 13.2. The second kappa shape index (κ2) is 11.8. The number of ether oxygens (including phenoxy) is 2. The molecule has 2 atom stereocenters. The molecular weight excluding hydrogens is 638 g/mol. The number of piperidine rings is 1. The number of nitriles is 1.